The molecule has 0 radical (unpaired) electrons. The maximum atomic E-state index is 11.6. The van der Waals surface area contributed by atoms with Crippen molar-refractivity contribution in [2.75, 3.05) is 26.3 Å². The van der Waals surface area contributed by atoms with Crippen LogP contribution >= 0.6 is 0 Å². The van der Waals surface area contributed by atoms with Crippen LogP contribution in [-0.4, -0.2) is 37.1 Å². The molecule has 2 rings (SSSR count). The number of carbonyl (C=O) groups is 1. The summed E-state index contributed by atoms with van der Waals surface area (Å²) >= 11 is 0. The quantitative estimate of drug-likeness (QED) is 0.843. The number of carbonyl (C=O) groups excluding carboxylic acids is 1. The number of aryl methyl sites for hydroxylation is 1. The van der Waals surface area contributed by atoms with Crippen LogP contribution in [0.4, 0.5) is 0 Å². The van der Waals surface area contributed by atoms with Crippen molar-refractivity contribution in [3.63, 3.8) is 0 Å². The minimum atomic E-state index is -0.334. The Balaban J connectivity index is 2.21. The first-order chi connectivity index (χ1) is 8.18. The highest BCUT2D eigenvalue weighted by molar-refractivity contribution is 5.81. The molecule has 0 bridgehead atoms. The molecular formula is C13H18N2O2. The number of hydrogen-bond donors (Lipinski definition) is 1. The average molecular weight is 234 g/mol. The van der Waals surface area contributed by atoms with Gasteiger partial charge in [0.15, 0.2) is 0 Å². The van der Waals surface area contributed by atoms with Crippen LogP contribution in [0.3, 0.4) is 0 Å². The Bertz CT molecular complexity index is 383. The molecule has 2 N–H and O–H groups in total. The Hall–Kier alpha value is -1.39. The zero-order valence-electron chi connectivity index (χ0n) is 10.1. The largest absolute Gasteiger partial charge is 0.379 e. The van der Waals surface area contributed by atoms with Crippen molar-refractivity contribution in [3.05, 3.63) is 35.4 Å². The summed E-state index contributed by atoms with van der Waals surface area (Å²) in [5.41, 5.74) is 7.66. The van der Waals surface area contributed by atoms with E-state index in [0.717, 1.165) is 18.7 Å². The van der Waals surface area contributed by atoms with E-state index in [4.69, 9.17) is 10.5 Å². The zero-order chi connectivity index (χ0) is 12.3. The fourth-order valence-corrected chi connectivity index (χ4v) is 2.14. The van der Waals surface area contributed by atoms with Gasteiger partial charge in [-0.2, -0.15) is 0 Å². The van der Waals surface area contributed by atoms with Gasteiger partial charge in [0.1, 0.15) is 6.04 Å². The van der Waals surface area contributed by atoms with E-state index < -0.39 is 0 Å². The van der Waals surface area contributed by atoms with Crippen molar-refractivity contribution in [2.24, 2.45) is 5.73 Å². The summed E-state index contributed by atoms with van der Waals surface area (Å²) in [4.78, 5) is 13.7. The van der Waals surface area contributed by atoms with Gasteiger partial charge in [0.2, 0.25) is 5.91 Å². The molecule has 0 aromatic heterocycles. The van der Waals surface area contributed by atoms with Crippen molar-refractivity contribution in [2.45, 2.75) is 13.0 Å². The van der Waals surface area contributed by atoms with Gasteiger partial charge in [0, 0.05) is 13.1 Å². The molecule has 0 saturated carbocycles. The minimum Gasteiger partial charge on any atom is -0.379 e. The highest BCUT2D eigenvalue weighted by Gasteiger charge is 2.26. The van der Waals surface area contributed by atoms with E-state index in [2.05, 4.69) is 4.90 Å². The van der Waals surface area contributed by atoms with Crippen molar-refractivity contribution >= 4 is 5.91 Å². The lowest BCUT2D eigenvalue weighted by Crippen LogP contribution is -2.44. The second-order valence-electron chi connectivity index (χ2n) is 4.36. The van der Waals surface area contributed by atoms with Crippen LogP contribution in [0.2, 0.25) is 0 Å². The normalized spacial score (nSPS) is 18.9. The van der Waals surface area contributed by atoms with Gasteiger partial charge in [-0.15, -0.1) is 0 Å². The number of morpholine rings is 1. The molecule has 0 aliphatic carbocycles. The molecular weight excluding hydrogens is 216 g/mol. The standard InChI is InChI=1S/C13H18N2O2/c1-10-2-4-11(5-3-10)12(13(14)16)15-6-8-17-9-7-15/h2-5,12H,6-9H2,1H3,(H2,14,16). The summed E-state index contributed by atoms with van der Waals surface area (Å²) in [6, 6.07) is 7.62. The van der Waals surface area contributed by atoms with E-state index in [9.17, 15) is 4.79 Å². The molecule has 1 heterocycles. The van der Waals surface area contributed by atoms with Crippen LogP contribution in [0.15, 0.2) is 24.3 Å². The average Bonchev–Trinajstić information content (AvgIpc) is 2.33. The third-order valence-electron chi connectivity index (χ3n) is 3.07. The maximum absolute atomic E-state index is 11.6. The first kappa shape index (κ1) is 12.1. The van der Waals surface area contributed by atoms with Gasteiger partial charge in [-0.25, -0.2) is 0 Å². The smallest absolute Gasteiger partial charge is 0.239 e. The Morgan fingerprint density at radius 2 is 1.88 bits per heavy atom. The number of hydrogen-bond acceptors (Lipinski definition) is 3. The van der Waals surface area contributed by atoms with Gasteiger partial charge in [-0.3, -0.25) is 9.69 Å². The molecule has 1 aliphatic rings. The fourth-order valence-electron chi connectivity index (χ4n) is 2.14. The van der Waals surface area contributed by atoms with Gasteiger partial charge >= 0.3 is 0 Å². The molecule has 92 valence electrons. The summed E-state index contributed by atoms with van der Waals surface area (Å²) < 4.78 is 5.29. The summed E-state index contributed by atoms with van der Waals surface area (Å²) in [5, 5.41) is 0. The van der Waals surface area contributed by atoms with Crippen LogP contribution in [0.5, 0.6) is 0 Å². The predicted octanol–water partition coefficient (Wildman–Crippen LogP) is 0.854. The molecule has 1 saturated heterocycles. The van der Waals surface area contributed by atoms with E-state index in [1.54, 1.807) is 0 Å². The molecule has 17 heavy (non-hydrogen) atoms. The summed E-state index contributed by atoms with van der Waals surface area (Å²) in [5.74, 6) is -0.296. The first-order valence-electron chi connectivity index (χ1n) is 5.86. The minimum absolute atomic E-state index is 0.296. The molecule has 0 spiro atoms. The highest BCUT2D eigenvalue weighted by Crippen LogP contribution is 2.21. The van der Waals surface area contributed by atoms with Gasteiger partial charge in [-0.05, 0) is 12.5 Å². The van der Waals surface area contributed by atoms with Crippen molar-refractivity contribution in [1.29, 1.82) is 0 Å². The number of amides is 1. The van der Waals surface area contributed by atoms with E-state index in [1.807, 2.05) is 31.2 Å². The third-order valence-corrected chi connectivity index (χ3v) is 3.07. The SMILES string of the molecule is Cc1ccc(C(C(N)=O)N2CCOCC2)cc1. The highest BCUT2D eigenvalue weighted by atomic mass is 16.5. The molecule has 1 atom stereocenters. The molecule has 1 unspecified atom stereocenters. The van der Waals surface area contributed by atoms with Crippen LogP contribution in [0.25, 0.3) is 0 Å². The van der Waals surface area contributed by atoms with Gasteiger partial charge < -0.3 is 10.5 Å². The van der Waals surface area contributed by atoms with Gasteiger partial charge in [0.05, 0.1) is 13.2 Å². The van der Waals surface area contributed by atoms with Crippen LogP contribution in [-0.2, 0) is 9.53 Å². The van der Waals surface area contributed by atoms with E-state index in [0.29, 0.717) is 13.2 Å². The molecule has 4 nitrogen and oxygen atoms in total. The Morgan fingerprint density at radius 3 is 2.41 bits per heavy atom. The Labute approximate surface area is 101 Å². The molecule has 1 aromatic carbocycles. The second-order valence-corrected chi connectivity index (χ2v) is 4.36. The monoisotopic (exact) mass is 234 g/mol. The summed E-state index contributed by atoms with van der Waals surface area (Å²) in [6.07, 6.45) is 0. The van der Waals surface area contributed by atoms with Crippen molar-refractivity contribution in [3.8, 4) is 0 Å². The topological polar surface area (TPSA) is 55.6 Å². The summed E-state index contributed by atoms with van der Waals surface area (Å²) in [6.45, 7) is 4.85. The van der Waals surface area contributed by atoms with E-state index >= 15 is 0 Å². The number of ether oxygens (including phenoxy) is 1. The first-order valence-corrected chi connectivity index (χ1v) is 5.86. The lowest BCUT2D eigenvalue weighted by atomic mass is 10.0. The van der Waals surface area contributed by atoms with Crippen molar-refractivity contribution in [1.82, 2.24) is 4.90 Å². The number of primary amides is 1. The Morgan fingerprint density at radius 1 is 1.29 bits per heavy atom. The van der Waals surface area contributed by atoms with E-state index in [-0.39, 0.29) is 11.9 Å². The molecule has 1 amide bonds. The lowest BCUT2D eigenvalue weighted by Gasteiger charge is -2.32. The second kappa shape index (κ2) is 5.29. The van der Waals surface area contributed by atoms with Gasteiger partial charge in [0.25, 0.3) is 0 Å². The summed E-state index contributed by atoms with van der Waals surface area (Å²) in [7, 11) is 0. The lowest BCUT2D eigenvalue weighted by molar-refractivity contribution is -0.125. The molecule has 1 fully saturated rings. The molecule has 4 heteroatoms. The van der Waals surface area contributed by atoms with E-state index in [1.165, 1.54) is 5.56 Å². The fraction of sp³-hybridized carbons (Fsp3) is 0.462. The predicted molar refractivity (Wildman–Crippen MR) is 65.5 cm³/mol. The Kier molecular flexibility index (Phi) is 3.76. The van der Waals surface area contributed by atoms with Crippen molar-refractivity contribution < 1.29 is 9.53 Å². The molecule has 1 aliphatic heterocycles. The number of nitrogens with two attached hydrogens (primary N) is 1. The zero-order valence-corrected chi connectivity index (χ0v) is 10.1. The van der Waals surface area contributed by atoms with Gasteiger partial charge in [-0.1, -0.05) is 29.8 Å². The van der Waals surface area contributed by atoms with Crippen LogP contribution in [0, 0.1) is 6.92 Å². The maximum Gasteiger partial charge on any atom is 0.239 e. The van der Waals surface area contributed by atoms with Crippen LogP contribution < -0.4 is 5.73 Å². The molecule has 1 aromatic rings. The number of benzene rings is 1. The third kappa shape index (κ3) is 2.84. The number of rotatable bonds is 3. The number of nitrogens with zero attached hydrogens (tertiary/aromatic N) is 1. The van der Waals surface area contributed by atoms with Crippen LogP contribution in [0.1, 0.15) is 17.2 Å².